The first-order valence-corrected chi connectivity index (χ1v) is 11.3. The van der Waals surface area contributed by atoms with Crippen LogP contribution in [0.3, 0.4) is 0 Å². The predicted octanol–water partition coefficient (Wildman–Crippen LogP) is 2.88. The Bertz CT molecular complexity index is 1070. The minimum absolute atomic E-state index is 0.238. The number of rotatable bonds is 9. The van der Waals surface area contributed by atoms with Crippen LogP contribution in [0.1, 0.15) is 42.9 Å². The minimum atomic E-state index is -1.06. The van der Waals surface area contributed by atoms with Crippen molar-refractivity contribution in [2.75, 3.05) is 20.3 Å². The Morgan fingerprint density at radius 3 is 2.79 bits per heavy atom. The monoisotopic (exact) mass is 451 g/mol. The van der Waals surface area contributed by atoms with E-state index in [4.69, 9.17) is 9.47 Å². The molecule has 8 nitrogen and oxygen atoms in total. The molecule has 0 saturated carbocycles. The highest BCUT2D eigenvalue weighted by Crippen LogP contribution is 2.41. The summed E-state index contributed by atoms with van der Waals surface area (Å²) in [6.07, 6.45) is 3.21. The molecule has 1 aliphatic carbocycles. The summed E-state index contributed by atoms with van der Waals surface area (Å²) in [6, 6.07) is 12.5. The molecule has 4 amide bonds. The van der Waals surface area contributed by atoms with Crippen LogP contribution in [-0.2, 0) is 28.1 Å². The van der Waals surface area contributed by atoms with Crippen molar-refractivity contribution < 1.29 is 23.9 Å². The summed E-state index contributed by atoms with van der Waals surface area (Å²) in [7, 11) is 1.57. The number of carbonyl (C=O) groups excluding carboxylic acids is 3. The average molecular weight is 452 g/mol. The smallest absolute Gasteiger partial charge is 0.325 e. The zero-order chi connectivity index (χ0) is 23.4. The number of fused-ring (bicyclic) bond motifs is 2. The summed E-state index contributed by atoms with van der Waals surface area (Å²) in [4.78, 5) is 39.3. The van der Waals surface area contributed by atoms with E-state index in [0.717, 1.165) is 34.4 Å². The van der Waals surface area contributed by atoms with Crippen molar-refractivity contribution in [2.24, 2.45) is 0 Å². The van der Waals surface area contributed by atoms with Crippen LogP contribution < -0.4 is 20.1 Å². The van der Waals surface area contributed by atoms with E-state index in [1.807, 2.05) is 36.4 Å². The number of ether oxygens (including phenoxy) is 2. The first kappa shape index (κ1) is 22.6. The third-order valence-electron chi connectivity index (χ3n) is 6.20. The van der Waals surface area contributed by atoms with Gasteiger partial charge in [-0.15, -0.1) is 0 Å². The molecule has 4 rings (SSSR count). The number of hydrogen-bond donors (Lipinski definition) is 2. The standard InChI is InChI=1S/C25H29N3O5/c1-3-4-13-33-20-10-9-17(14-21(20)32-2)15-26-22(29)16-28-23(30)25(27-24(28)31)12-11-18-7-5-6-8-19(18)25/h5-10,14H,3-4,11-13,15-16H2,1-2H3,(H,26,29)(H,27,31). The lowest BCUT2D eigenvalue weighted by Gasteiger charge is -2.22. The first-order chi connectivity index (χ1) is 16.0. The lowest BCUT2D eigenvalue weighted by Crippen LogP contribution is -2.43. The van der Waals surface area contributed by atoms with Crippen LogP contribution in [0.4, 0.5) is 4.79 Å². The molecule has 2 N–H and O–H groups in total. The Morgan fingerprint density at radius 2 is 2.00 bits per heavy atom. The van der Waals surface area contributed by atoms with Gasteiger partial charge in [-0.05, 0) is 48.1 Å². The second-order valence-electron chi connectivity index (χ2n) is 8.35. The fraction of sp³-hybridized carbons (Fsp3) is 0.400. The fourth-order valence-corrected chi connectivity index (χ4v) is 4.40. The van der Waals surface area contributed by atoms with Gasteiger partial charge in [-0.2, -0.15) is 0 Å². The van der Waals surface area contributed by atoms with Gasteiger partial charge < -0.3 is 20.1 Å². The molecule has 2 aliphatic rings. The van der Waals surface area contributed by atoms with Crippen LogP contribution in [0.15, 0.2) is 42.5 Å². The van der Waals surface area contributed by atoms with Crippen LogP contribution in [0.2, 0.25) is 0 Å². The van der Waals surface area contributed by atoms with Gasteiger partial charge in [0.25, 0.3) is 5.91 Å². The number of methoxy groups -OCH3 is 1. The number of aryl methyl sites for hydroxylation is 1. The van der Waals surface area contributed by atoms with Crippen molar-refractivity contribution in [3.8, 4) is 11.5 Å². The van der Waals surface area contributed by atoms with E-state index < -0.39 is 17.5 Å². The van der Waals surface area contributed by atoms with Gasteiger partial charge in [-0.3, -0.25) is 14.5 Å². The van der Waals surface area contributed by atoms with Gasteiger partial charge in [0.05, 0.1) is 13.7 Å². The normalized spacial score (nSPS) is 18.9. The minimum Gasteiger partial charge on any atom is -0.493 e. The van der Waals surface area contributed by atoms with E-state index in [0.29, 0.717) is 30.9 Å². The van der Waals surface area contributed by atoms with Crippen LogP contribution in [-0.4, -0.2) is 43.0 Å². The van der Waals surface area contributed by atoms with E-state index in [1.165, 1.54) is 0 Å². The molecule has 1 atom stereocenters. The maximum atomic E-state index is 13.2. The number of benzene rings is 2. The van der Waals surface area contributed by atoms with Crippen molar-refractivity contribution in [2.45, 2.75) is 44.7 Å². The lowest BCUT2D eigenvalue weighted by molar-refractivity contribution is -0.135. The Hall–Kier alpha value is -3.55. The fourth-order valence-electron chi connectivity index (χ4n) is 4.40. The van der Waals surface area contributed by atoms with Crippen LogP contribution in [0.25, 0.3) is 0 Å². The Kier molecular flexibility index (Phi) is 6.53. The number of urea groups is 1. The van der Waals surface area contributed by atoms with Gasteiger partial charge in [0.15, 0.2) is 11.5 Å². The molecule has 1 fully saturated rings. The Labute approximate surface area is 193 Å². The van der Waals surface area contributed by atoms with Gasteiger partial charge in [-0.25, -0.2) is 4.79 Å². The molecule has 2 aromatic rings. The zero-order valence-corrected chi connectivity index (χ0v) is 19.0. The third kappa shape index (κ3) is 4.37. The molecule has 33 heavy (non-hydrogen) atoms. The molecule has 174 valence electrons. The number of amides is 4. The van der Waals surface area contributed by atoms with E-state index in [-0.39, 0.29) is 19.0 Å². The Morgan fingerprint density at radius 1 is 1.18 bits per heavy atom. The zero-order valence-electron chi connectivity index (χ0n) is 19.0. The highest BCUT2D eigenvalue weighted by atomic mass is 16.5. The molecule has 8 heteroatoms. The van der Waals surface area contributed by atoms with Crippen LogP contribution in [0.5, 0.6) is 11.5 Å². The molecule has 1 heterocycles. The second-order valence-corrected chi connectivity index (χ2v) is 8.35. The summed E-state index contributed by atoms with van der Waals surface area (Å²) >= 11 is 0. The summed E-state index contributed by atoms with van der Waals surface area (Å²) in [6.45, 7) is 2.62. The lowest BCUT2D eigenvalue weighted by atomic mass is 9.92. The van der Waals surface area contributed by atoms with Gasteiger partial charge in [0.1, 0.15) is 12.1 Å². The highest BCUT2D eigenvalue weighted by Gasteiger charge is 2.55. The summed E-state index contributed by atoms with van der Waals surface area (Å²) in [5.74, 6) is 0.461. The van der Waals surface area contributed by atoms with Gasteiger partial charge in [-0.1, -0.05) is 43.7 Å². The predicted molar refractivity (Wildman–Crippen MR) is 122 cm³/mol. The number of unbranched alkanes of at least 4 members (excludes halogenated alkanes) is 1. The van der Waals surface area contributed by atoms with Crippen LogP contribution in [0, 0.1) is 0 Å². The van der Waals surface area contributed by atoms with Crippen molar-refractivity contribution >= 4 is 17.8 Å². The van der Waals surface area contributed by atoms with E-state index in [9.17, 15) is 14.4 Å². The van der Waals surface area contributed by atoms with Crippen molar-refractivity contribution in [3.05, 3.63) is 59.2 Å². The second kappa shape index (κ2) is 9.52. The van der Waals surface area contributed by atoms with Gasteiger partial charge in [0.2, 0.25) is 5.91 Å². The summed E-state index contributed by atoms with van der Waals surface area (Å²) < 4.78 is 11.1. The average Bonchev–Trinajstić information content (AvgIpc) is 3.31. The molecule has 2 aromatic carbocycles. The molecular formula is C25H29N3O5. The first-order valence-electron chi connectivity index (χ1n) is 11.3. The Balaban J connectivity index is 1.37. The third-order valence-corrected chi connectivity index (χ3v) is 6.20. The van der Waals surface area contributed by atoms with Gasteiger partial charge >= 0.3 is 6.03 Å². The molecule has 1 spiro atoms. The summed E-state index contributed by atoms with van der Waals surface area (Å²) in [5.41, 5.74) is 1.63. The van der Waals surface area contributed by atoms with Crippen molar-refractivity contribution in [1.29, 1.82) is 0 Å². The van der Waals surface area contributed by atoms with Crippen LogP contribution >= 0.6 is 0 Å². The molecule has 1 saturated heterocycles. The quantitative estimate of drug-likeness (QED) is 0.451. The molecular weight excluding hydrogens is 422 g/mol. The number of nitrogens with zero attached hydrogens (tertiary/aromatic N) is 1. The largest absolute Gasteiger partial charge is 0.493 e. The topological polar surface area (TPSA) is 97.0 Å². The van der Waals surface area contributed by atoms with E-state index in [2.05, 4.69) is 17.6 Å². The van der Waals surface area contributed by atoms with Gasteiger partial charge in [0, 0.05) is 6.54 Å². The molecule has 1 aliphatic heterocycles. The molecule has 1 unspecified atom stereocenters. The van der Waals surface area contributed by atoms with E-state index in [1.54, 1.807) is 13.2 Å². The van der Waals surface area contributed by atoms with E-state index >= 15 is 0 Å². The highest BCUT2D eigenvalue weighted by molar-refractivity contribution is 6.09. The maximum Gasteiger partial charge on any atom is 0.325 e. The number of nitrogens with one attached hydrogen (secondary N) is 2. The number of carbonyl (C=O) groups is 3. The van der Waals surface area contributed by atoms with Crippen molar-refractivity contribution in [3.63, 3.8) is 0 Å². The summed E-state index contributed by atoms with van der Waals surface area (Å²) in [5, 5.41) is 5.61. The SMILES string of the molecule is CCCCOc1ccc(CNC(=O)CN2C(=O)NC3(CCc4ccccc43)C2=O)cc1OC. The number of hydrogen-bond acceptors (Lipinski definition) is 5. The molecule has 0 aromatic heterocycles. The molecule has 0 radical (unpaired) electrons. The maximum absolute atomic E-state index is 13.2. The van der Waals surface area contributed by atoms with Crippen molar-refractivity contribution in [1.82, 2.24) is 15.5 Å². The number of imide groups is 1. The molecule has 0 bridgehead atoms.